The van der Waals surface area contributed by atoms with Crippen LogP contribution in [0.4, 0.5) is 0 Å². The number of para-hydroxylation sites is 1. The SMILES string of the molecule is O=C(O)C=Cc1ccc(-c2ccccc2O)cc1. The predicted octanol–water partition coefficient (Wildman–Crippen LogP) is 3.16. The molecule has 0 atom stereocenters. The van der Waals surface area contributed by atoms with Crippen molar-refractivity contribution < 1.29 is 15.0 Å². The Kier molecular flexibility index (Phi) is 3.44. The van der Waals surface area contributed by atoms with E-state index in [1.54, 1.807) is 24.3 Å². The van der Waals surface area contributed by atoms with E-state index in [-0.39, 0.29) is 5.75 Å². The van der Waals surface area contributed by atoms with Gasteiger partial charge in [-0.15, -0.1) is 0 Å². The van der Waals surface area contributed by atoms with Crippen LogP contribution in [0.25, 0.3) is 17.2 Å². The molecule has 0 saturated carbocycles. The molecule has 0 spiro atoms. The number of carboxylic acid groups (broad SMARTS) is 1. The fraction of sp³-hybridized carbons (Fsp3) is 0. The van der Waals surface area contributed by atoms with Gasteiger partial charge in [-0.1, -0.05) is 42.5 Å². The number of carboxylic acids is 1. The highest BCUT2D eigenvalue weighted by atomic mass is 16.4. The van der Waals surface area contributed by atoms with Gasteiger partial charge in [0.1, 0.15) is 5.75 Å². The largest absolute Gasteiger partial charge is 0.507 e. The van der Waals surface area contributed by atoms with Crippen molar-refractivity contribution in [2.45, 2.75) is 0 Å². The van der Waals surface area contributed by atoms with Gasteiger partial charge < -0.3 is 10.2 Å². The maximum absolute atomic E-state index is 10.4. The highest BCUT2D eigenvalue weighted by Crippen LogP contribution is 2.28. The molecule has 2 aromatic rings. The molecule has 0 aliphatic carbocycles. The Morgan fingerprint density at radius 2 is 1.67 bits per heavy atom. The van der Waals surface area contributed by atoms with E-state index < -0.39 is 5.97 Å². The highest BCUT2D eigenvalue weighted by Gasteiger charge is 2.02. The molecule has 0 saturated heterocycles. The molecule has 2 rings (SSSR count). The average Bonchev–Trinajstić information content (AvgIpc) is 2.38. The first kappa shape index (κ1) is 11.9. The molecule has 2 N–H and O–H groups in total. The first-order valence-electron chi connectivity index (χ1n) is 5.46. The highest BCUT2D eigenvalue weighted by molar-refractivity contribution is 5.85. The molecule has 0 heterocycles. The van der Waals surface area contributed by atoms with Crippen LogP contribution in [0.2, 0.25) is 0 Å². The summed E-state index contributed by atoms with van der Waals surface area (Å²) in [6.07, 6.45) is 2.62. The van der Waals surface area contributed by atoms with Gasteiger partial charge in [0, 0.05) is 11.6 Å². The lowest BCUT2D eigenvalue weighted by Gasteiger charge is -2.04. The van der Waals surface area contributed by atoms with Crippen LogP contribution < -0.4 is 0 Å². The van der Waals surface area contributed by atoms with Gasteiger partial charge in [0.25, 0.3) is 0 Å². The molecular weight excluding hydrogens is 228 g/mol. The molecule has 3 heteroatoms. The van der Waals surface area contributed by atoms with E-state index in [0.29, 0.717) is 0 Å². The lowest BCUT2D eigenvalue weighted by molar-refractivity contribution is -0.131. The number of aliphatic carboxylic acids is 1. The normalized spacial score (nSPS) is 10.7. The third-order valence-corrected chi connectivity index (χ3v) is 2.54. The molecule has 2 aromatic carbocycles. The number of aromatic hydroxyl groups is 1. The van der Waals surface area contributed by atoms with Gasteiger partial charge in [-0.05, 0) is 23.3 Å². The van der Waals surface area contributed by atoms with Gasteiger partial charge in [0.15, 0.2) is 0 Å². The monoisotopic (exact) mass is 240 g/mol. The van der Waals surface area contributed by atoms with Crippen LogP contribution in [-0.2, 0) is 4.79 Å². The Labute approximate surface area is 105 Å². The van der Waals surface area contributed by atoms with Crippen molar-refractivity contribution in [3.63, 3.8) is 0 Å². The van der Waals surface area contributed by atoms with Crippen LogP contribution >= 0.6 is 0 Å². The summed E-state index contributed by atoms with van der Waals surface area (Å²) in [6.45, 7) is 0. The minimum absolute atomic E-state index is 0.228. The molecule has 0 radical (unpaired) electrons. The average molecular weight is 240 g/mol. The molecule has 0 aromatic heterocycles. The lowest BCUT2D eigenvalue weighted by atomic mass is 10.0. The van der Waals surface area contributed by atoms with Crippen molar-refractivity contribution in [3.8, 4) is 16.9 Å². The van der Waals surface area contributed by atoms with Crippen molar-refractivity contribution >= 4 is 12.0 Å². The molecule has 18 heavy (non-hydrogen) atoms. The van der Waals surface area contributed by atoms with Crippen LogP contribution in [0.5, 0.6) is 5.75 Å². The second kappa shape index (κ2) is 5.19. The number of benzene rings is 2. The summed E-state index contributed by atoms with van der Waals surface area (Å²) in [6, 6.07) is 14.4. The Morgan fingerprint density at radius 3 is 2.28 bits per heavy atom. The third-order valence-electron chi connectivity index (χ3n) is 2.54. The van der Waals surface area contributed by atoms with Gasteiger partial charge in [-0.2, -0.15) is 0 Å². The van der Waals surface area contributed by atoms with Gasteiger partial charge in [-0.25, -0.2) is 4.79 Å². The van der Waals surface area contributed by atoms with E-state index in [1.807, 2.05) is 24.3 Å². The summed E-state index contributed by atoms with van der Waals surface area (Å²) in [4.78, 5) is 10.4. The number of phenolic OH excluding ortho intramolecular Hbond substituents is 1. The number of carbonyl (C=O) groups is 1. The summed E-state index contributed by atoms with van der Waals surface area (Å²) in [5.74, 6) is -0.744. The molecule has 0 fully saturated rings. The van der Waals surface area contributed by atoms with Crippen LogP contribution in [-0.4, -0.2) is 16.2 Å². The minimum Gasteiger partial charge on any atom is -0.507 e. The lowest BCUT2D eigenvalue weighted by Crippen LogP contribution is -1.85. The molecule has 90 valence electrons. The summed E-state index contributed by atoms with van der Waals surface area (Å²) in [5, 5.41) is 18.2. The van der Waals surface area contributed by atoms with Crippen molar-refractivity contribution in [3.05, 3.63) is 60.2 Å². The summed E-state index contributed by atoms with van der Waals surface area (Å²) < 4.78 is 0. The molecule has 0 amide bonds. The molecule has 0 aliphatic rings. The predicted molar refractivity (Wildman–Crippen MR) is 70.2 cm³/mol. The van der Waals surface area contributed by atoms with Crippen molar-refractivity contribution in [2.75, 3.05) is 0 Å². The second-order valence-electron chi connectivity index (χ2n) is 3.81. The Morgan fingerprint density at radius 1 is 1.00 bits per heavy atom. The Bertz CT molecular complexity index is 583. The number of hydrogen-bond donors (Lipinski definition) is 2. The minimum atomic E-state index is -0.972. The zero-order chi connectivity index (χ0) is 13.0. The Balaban J connectivity index is 2.28. The standard InChI is InChI=1S/C15H12O3/c16-14-4-2-1-3-13(14)12-8-5-11(6-9-12)7-10-15(17)18/h1-10,16H,(H,17,18). The zero-order valence-corrected chi connectivity index (χ0v) is 9.58. The van der Waals surface area contributed by atoms with Crippen LogP contribution in [0.1, 0.15) is 5.56 Å². The second-order valence-corrected chi connectivity index (χ2v) is 3.81. The zero-order valence-electron chi connectivity index (χ0n) is 9.58. The number of phenols is 1. The third kappa shape index (κ3) is 2.77. The molecule has 0 aliphatic heterocycles. The fourth-order valence-electron chi connectivity index (χ4n) is 1.66. The van der Waals surface area contributed by atoms with E-state index in [2.05, 4.69) is 0 Å². The van der Waals surface area contributed by atoms with Crippen molar-refractivity contribution in [1.29, 1.82) is 0 Å². The van der Waals surface area contributed by atoms with E-state index in [0.717, 1.165) is 22.8 Å². The quantitative estimate of drug-likeness (QED) is 0.810. The molecule has 0 bridgehead atoms. The summed E-state index contributed by atoms with van der Waals surface area (Å²) in [5.41, 5.74) is 2.45. The number of hydrogen-bond acceptors (Lipinski definition) is 2. The van der Waals surface area contributed by atoms with Gasteiger partial charge in [0.05, 0.1) is 0 Å². The van der Waals surface area contributed by atoms with E-state index in [1.165, 1.54) is 6.08 Å². The van der Waals surface area contributed by atoms with Crippen molar-refractivity contribution in [2.24, 2.45) is 0 Å². The maximum atomic E-state index is 10.4. The molecular formula is C15H12O3. The topological polar surface area (TPSA) is 57.5 Å². The smallest absolute Gasteiger partial charge is 0.328 e. The summed E-state index contributed by atoms with van der Waals surface area (Å²) >= 11 is 0. The van der Waals surface area contributed by atoms with Crippen LogP contribution in [0.15, 0.2) is 54.6 Å². The van der Waals surface area contributed by atoms with Gasteiger partial charge in [-0.3, -0.25) is 0 Å². The maximum Gasteiger partial charge on any atom is 0.328 e. The van der Waals surface area contributed by atoms with E-state index >= 15 is 0 Å². The van der Waals surface area contributed by atoms with E-state index in [4.69, 9.17) is 5.11 Å². The molecule has 0 unspecified atom stereocenters. The first-order valence-corrected chi connectivity index (χ1v) is 5.46. The number of rotatable bonds is 3. The van der Waals surface area contributed by atoms with Crippen LogP contribution in [0, 0.1) is 0 Å². The van der Waals surface area contributed by atoms with Crippen LogP contribution in [0.3, 0.4) is 0 Å². The molecule has 3 nitrogen and oxygen atoms in total. The van der Waals surface area contributed by atoms with Gasteiger partial charge in [0.2, 0.25) is 0 Å². The van der Waals surface area contributed by atoms with E-state index in [9.17, 15) is 9.90 Å². The fourth-order valence-corrected chi connectivity index (χ4v) is 1.66. The summed E-state index contributed by atoms with van der Waals surface area (Å²) in [7, 11) is 0. The Hall–Kier alpha value is -2.55. The first-order chi connectivity index (χ1) is 8.66. The van der Waals surface area contributed by atoms with Crippen molar-refractivity contribution in [1.82, 2.24) is 0 Å². The van der Waals surface area contributed by atoms with Gasteiger partial charge >= 0.3 is 5.97 Å².